The van der Waals surface area contributed by atoms with E-state index in [1.807, 2.05) is 6.07 Å². The van der Waals surface area contributed by atoms with Crippen molar-refractivity contribution in [3.05, 3.63) is 29.3 Å². The van der Waals surface area contributed by atoms with E-state index in [-0.39, 0.29) is 11.7 Å². The molecule has 1 atom stereocenters. The predicted molar refractivity (Wildman–Crippen MR) is 62.5 cm³/mol. The van der Waals surface area contributed by atoms with Crippen molar-refractivity contribution in [2.75, 3.05) is 6.54 Å². The zero-order valence-electron chi connectivity index (χ0n) is 9.11. The van der Waals surface area contributed by atoms with Crippen LogP contribution in [0.5, 0.6) is 5.75 Å². The molecule has 0 spiro atoms. The molecule has 2 rings (SSSR count). The van der Waals surface area contributed by atoms with Gasteiger partial charge >= 0.3 is 0 Å². The minimum Gasteiger partial charge on any atom is -0.508 e. The molecule has 3 nitrogen and oxygen atoms in total. The molecule has 1 heterocycles. The molecule has 16 heavy (non-hydrogen) atoms. The normalized spacial score (nSPS) is 16.8. The Morgan fingerprint density at radius 2 is 2.25 bits per heavy atom. The van der Waals surface area contributed by atoms with Crippen LogP contribution in [-0.4, -0.2) is 27.8 Å². The number of rotatable bonds is 1. The molecule has 1 unspecified atom stereocenters. The highest BCUT2D eigenvalue weighted by Gasteiger charge is 2.23. The van der Waals surface area contributed by atoms with Crippen LogP contribution in [0.15, 0.2) is 18.2 Å². The Balaban J connectivity index is 2.20. The number of phenols is 1. The smallest absolute Gasteiger partial charge is 0.240 e. The van der Waals surface area contributed by atoms with Crippen LogP contribution in [0.4, 0.5) is 0 Å². The lowest BCUT2D eigenvalue weighted by Crippen LogP contribution is -2.39. The molecule has 1 aromatic rings. The number of fused-ring (bicyclic) bond motifs is 1. The minimum atomic E-state index is -0.487. The van der Waals surface area contributed by atoms with Gasteiger partial charge in [-0.1, -0.05) is 6.07 Å². The fourth-order valence-electron chi connectivity index (χ4n) is 1.98. The molecule has 0 saturated carbocycles. The van der Waals surface area contributed by atoms with Crippen LogP contribution in [0.2, 0.25) is 0 Å². The molecule has 0 radical (unpaired) electrons. The van der Waals surface area contributed by atoms with Crippen molar-refractivity contribution in [1.29, 1.82) is 0 Å². The van der Waals surface area contributed by atoms with Gasteiger partial charge in [0.05, 0.1) is 0 Å². The summed E-state index contributed by atoms with van der Waals surface area (Å²) in [5, 5.41) is 8.91. The maximum absolute atomic E-state index is 11.7. The van der Waals surface area contributed by atoms with E-state index in [2.05, 4.69) is 0 Å². The van der Waals surface area contributed by atoms with Crippen LogP contribution in [-0.2, 0) is 17.8 Å². The summed E-state index contributed by atoms with van der Waals surface area (Å²) in [6.07, 6.45) is 0.824. The minimum absolute atomic E-state index is 0.0457. The summed E-state index contributed by atoms with van der Waals surface area (Å²) in [6, 6.07) is 5.31. The van der Waals surface area contributed by atoms with Crippen molar-refractivity contribution in [2.24, 2.45) is 0 Å². The zero-order valence-corrected chi connectivity index (χ0v) is 9.87. The van der Waals surface area contributed by atoms with E-state index in [1.54, 1.807) is 24.0 Å². The highest BCUT2D eigenvalue weighted by molar-refractivity contribution is 6.30. The molecule has 1 amide bonds. The van der Waals surface area contributed by atoms with Gasteiger partial charge in [-0.3, -0.25) is 4.79 Å². The Bertz CT molecular complexity index is 417. The maximum atomic E-state index is 11.7. The summed E-state index contributed by atoms with van der Waals surface area (Å²) in [5.74, 6) is 0.197. The predicted octanol–water partition coefficient (Wildman–Crippen LogP) is 1.90. The first kappa shape index (κ1) is 11.3. The maximum Gasteiger partial charge on any atom is 0.240 e. The third kappa shape index (κ3) is 2.14. The van der Waals surface area contributed by atoms with Crippen molar-refractivity contribution >= 4 is 17.5 Å². The number of amides is 1. The van der Waals surface area contributed by atoms with Crippen LogP contribution < -0.4 is 0 Å². The van der Waals surface area contributed by atoms with E-state index in [1.165, 1.54) is 5.56 Å². The van der Waals surface area contributed by atoms with Gasteiger partial charge in [0.1, 0.15) is 11.1 Å². The average Bonchev–Trinajstić information content (AvgIpc) is 2.26. The van der Waals surface area contributed by atoms with Gasteiger partial charge in [0.25, 0.3) is 0 Å². The lowest BCUT2D eigenvalue weighted by atomic mass is 9.99. The molecule has 1 aliphatic rings. The number of carbonyl (C=O) groups excluding carboxylic acids is 1. The number of phenolic OH excluding ortho intramolecular Hbond substituents is 1. The van der Waals surface area contributed by atoms with Gasteiger partial charge in [0.15, 0.2) is 0 Å². The molecule has 4 heteroatoms. The van der Waals surface area contributed by atoms with Crippen molar-refractivity contribution in [3.8, 4) is 5.75 Å². The van der Waals surface area contributed by atoms with E-state index in [9.17, 15) is 9.90 Å². The van der Waals surface area contributed by atoms with E-state index in [0.29, 0.717) is 13.1 Å². The molecule has 86 valence electrons. The van der Waals surface area contributed by atoms with Crippen LogP contribution in [0, 0.1) is 0 Å². The number of hydrogen-bond acceptors (Lipinski definition) is 2. The Morgan fingerprint density at radius 1 is 1.50 bits per heavy atom. The van der Waals surface area contributed by atoms with Crippen molar-refractivity contribution < 1.29 is 9.90 Å². The van der Waals surface area contributed by atoms with Crippen LogP contribution >= 0.6 is 11.6 Å². The zero-order chi connectivity index (χ0) is 11.7. The number of hydrogen-bond donors (Lipinski definition) is 1. The Labute approximate surface area is 99.6 Å². The molecule has 0 bridgehead atoms. The van der Waals surface area contributed by atoms with Gasteiger partial charge in [-0.25, -0.2) is 0 Å². The van der Waals surface area contributed by atoms with Crippen molar-refractivity contribution in [2.45, 2.75) is 25.3 Å². The molecule has 0 fully saturated rings. The van der Waals surface area contributed by atoms with Crippen molar-refractivity contribution in [3.63, 3.8) is 0 Å². The molecule has 1 aromatic carbocycles. The van der Waals surface area contributed by atoms with Gasteiger partial charge in [-0.2, -0.15) is 0 Å². The monoisotopic (exact) mass is 239 g/mol. The first-order valence-electron chi connectivity index (χ1n) is 5.31. The van der Waals surface area contributed by atoms with Crippen LogP contribution in [0.3, 0.4) is 0 Å². The number of carbonyl (C=O) groups is 1. The molecular weight excluding hydrogens is 226 g/mol. The van der Waals surface area contributed by atoms with Gasteiger partial charge < -0.3 is 10.0 Å². The van der Waals surface area contributed by atoms with Crippen LogP contribution in [0.25, 0.3) is 0 Å². The first-order valence-corrected chi connectivity index (χ1v) is 5.75. The SMILES string of the molecule is CC(Cl)C(=O)N1CCc2ccc(O)cc2C1. The van der Waals surface area contributed by atoms with Crippen molar-refractivity contribution in [1.82, 2.24) is 4.90 Å². The highest BCUT2D eigenvalue weighted by atomic mass is 35.5. The summed E-state index contributed by atoms with van der Waals surface area (Å²) >= 11 is 5.78. The lowest BCUT2D eigenvalue weighted by Gasteiger charge is -2.29. The number of nitrogens with zero attached hydrogens (tertiary/aromatic N) is 1. The summed E-state index contributed by atoms with van der Waals surface area (Å²) in [6.45, 7) is 2.93. The second-order valence-electron chi connectivity index (χ2n) is 4.08. The Morgan fingerprint density at radius 3 is 2.94 bits per heavy atom. The quantitative estimate of drug-likeness (QED) is 0.761. The Kier molecular flexibility index (Phi) is 3.06. The third-order valence-electron chi connectivity index (χ3n) is 2.85. The van der Waals surface area contributed by atoms with E-state index < -0.39 is 5.38 Å². The van der Waals surface area contributed by atoms with Gasteiger partial charge in [-0.05, 0) is 36.6 Å². The number of benzene rings is 1. The molecule has 0 saturated heterocycles. The largest absolute Gasteiger partial charge is 0.508 e. The van der Waals surface area contributed by atoms with E-state index in [0.717, 1.165) is 12.0 Å². The van der Waals surface area contributed by atoms with Crippen LogP contribution in [0.1, 0.15) is 18.1 Å². The summed E-state index contributed by atoms with van der Waals surface area (Å²) in [5.41, 5.74) is 2.21. The van der Waals surface area contributed by atoms with Gasteiger partial charge in [0, 0.05) is 13.1 Å². The fourth-order valence-corrected chi connectivity index (χ4v) is 2.12. The summed E-state index contributed by atoms with van der Waals surface area (Å²) < 4.78 is 0. The summed E-state index contributed by atoms with van der Waals surface area (Å²) in [7, 11) is 0. The number of alkyl halides is 1. The standard InChI is InChI=1S/C12H14ClNO2/c1-8(13)12(16)14-5-4-9-2-3-11(15)6-10(9)7-14/h2-3,6,8,15H,4-5,7H2,1H3. The van der Waals surface area contributed by atoms with Gasteiger partial charge in [-0.15, -0.1) is 11.6 Å². The lowest BCUT2D eigenvalue weighted by molar-refractivity contribution is -0.131. The molecule has 0 aliphatic carbocycles. The molecule has 1 N–H and O–H groups in total. The second-order valence-corrected chi connectivity index (χ2v) is 4.73. The first-order chi connectivity index (χ1) is 7.58. The van der Waals surface area contributed by atoms with E-state index in [4.69, 9.17) is 11.6 Å². The fraction of sp³-hybridized carbons (Fsp3) is 0.417. The topological polar surface area (TPSA) is 40.5 Å². The number of halogens is 1. The van der Waals surface area contributed by atoms with Gasteiger partial charge in [0.2, 0.25) is 5.91 Å². The third-order valence-corrected chi connectivity index (χ3v) is 3.04. The molecule has 0 aromatic heterocycles. The molecule has 1 aliphatic heterocycles. The Hall–Kier alpha value is -1.22. The second kappa shape index (κ2) is 4.34. The summed E-state index contributed by atoms with van der Waals surface area (Å²) in [4.78, 5) is 13.5. The van der Waals surface area contributed by atoms with E-state index >= 15 is 0 Å². The average molecular weight is 240 g/mol. The number of aromatic hydroxyl groups is 1. The molecular formula is C12H14ClNO2. The highest BCUT2D eigenvalue weighted by Crippen LogP contribution is 2.23.